The van der Waals surface area contributed by atoms with E-state index in [4.69, 9.17) is 21.0 Å². The Balaban J connectivity index is -0.0000000263. The van der Waals surface area contributed by atoms with Gasteiger partial charge in [-0.2, -0.15) is 6.58 Å². The van der Waals surface area contributed by atoms with Gasteiger partial charge in [-0.15, -0.1) is 6.92 Å². The van der Waals surface area contributed by atoms with Crippen molar-refractivity contribution in [3.05, 3.63) is 24.3 Å². The van der Waals surface area contributed by atoms with Gasteiger partial charge in [0.05, 0.1) is 0 Å². The molecule has 0 aliphatic rings. The van der Waals surface area contributed by atoms with E-state index >= 15 is 0 Å². The predicted molar refractivity (Wildman–Crippen MR) is 49.7 cm³/mol. The zero-order chi connectivity index (χ0) is 11.2. The second-order valence-electron chi connectivity index (χ2n) is 1.46. The molecule has 0 heterocycles. The second kappa shape index (κ2) is 43.5. The first-order valence-corrected chi connectivity index (χ1v) is 2.76. The predicted octanol–water partition coefficient (Wildman–Crippen LogP) is 1.38. The van der Waals surface area contributed by atoms with Gasteiger partial charge in [-0.05, 0) is 0 Å². The molecule has 0 saturated heterocycles. The quantitative estimate of drug-likeness (QED) is 0.412. The summed E-state index contributed by atoms with van der Waals surface area (Å²) in [5, 5.41) is 0. The summed E-state index contributed by atoms with van der Waals surface area (Å²) in [5.74, 6) is 0. The van der Waals surface area contributed by atoms with E-state index in [9.17, 15) is 0 Å². The third-order valence-corrected chi connectivity index (χ3v) is 0.673. The summed E-state index contributed by atoms with van der Waals surface area (Å²) in [6, 6.07) is 0. The molecule has 0 bridgehead atoms. The molecular weight excluding hydrogens is 257 g/mol. The number of rotatable bonds is 1. The molecule has 3 nitrogen and oxygen atoms in total. The maximum Gasteiger partial charge on any atom is 1.00 e. The van der Waals surface area contributed by atoms with Crippen LogP contribution in [0.5, 0.6) is 0 Å². The summed E-state index contributed by atoms with van der Waals surface area (Å²) in [4.78, 5) is 24.0. The molecule has 0 aromatic heterocycles. The van der Waals surface area contributed by atoms with Gasteiger partial charge in [-0.1, -0.05) is 6.92 Å². The Morgan fingerprint density at radius 3 is 1.00 bits per heavy atom. The van der Waals surface area contributed by atoms with Gasteiger partial charge in [0, 0.05) is 0 Å². The molecule has 0 aliphatic heterocycles. The van der Waals surface area contributed by atoms with Crippen molar-refractivity contribution in [3.8, 4) is 0 Å². The fraction of sp³-hybridized carbons (Fsp3) is 0.222. The van der Waals surface area contributed by atoms with E-state index in [2.05, 4.69) is 6.58 Å². The Morgan fingerprint density at radius 2 is 1.00 bits per heavy atom. The van der Waals surface area contributed by atoms with Crippen LogP contribution in [-0.2, 0) is 33.9 Å². The molecule has 0 N–H and O–H groups in total. The number of allylic oxidation sites excluding steroid dienone is 2. The zero-order valence-corrected chi connectivity index (χ0v) is 9.72. The Morgan fingerprint density at radius 1 is 0.923 bits per heavy atom. The molecule has 0 amide bonds. The topological polar surface area (TPSA) is 51.2 Å². The van der Waals surface area contributed by atoms with Crippen molar-refractivity contribution in [2.24, 2.45) is 0 Å². The Bertz CT molecular complexity index is 107. The van der Waals surface area contributed by atoms with Crippen LogP contribution in [0.3, 0.4) is 0 Å². The van der Waals surface area contributed by atoms with Crippen LogP contribution >= 0.6 is 0 Å². The monoisotopic (exact) mass is 273 g/mol. The molecule has 0 fully saturated rings. The number of hydrogen-bond donors (Lipinski definition) is 0. The Hall–Kier alpha value is -0.887. The molecule has 0 aromatic carbocycles. The summed E-state index contributed by atoms with van der Waals surface area (Å²) in [6.07, 6.45) is 0. The third kappa shape index (κ3) is 95.2. The standard InChI is InChI=1S/C6H9.3CH2O.Ru/c1-5(2)6(3)4;3*1-2;/h1H,3H2,2,4H3;3*1H2;/q-1;;;;+1. The second-order valence-corrected chi connectivity index (χ2v) is 1.46. The smallest absolute Gasteiger partial charge is 0.307 e. The first kappa shape index (κ1) is 29.6. The van der Waals surface area contributed by atoms with Crippen molar-refractivity contribution in [2.75, 3.05) is 0 Å². The van der Waals surface area contributed by atoms with Crippen molar-refractivity contribution in [1.82, 2.24) is 0 Å². The molecule has 0 atom stereocenters. The van der Waals surface area contributed by atoms with Gasteiger partial charge < -0.3 is 14.4 Å². The Labute approximate surface area is 92.7 Å². The van der Waals surface area contributed by atoms with Gasteiger partial charge in [0.15, 0.2) is 0 Å². The van der Waals surface area contributed by atoms with Crippen LogP contribution < -0.4 is 0 Å². The molecule has 0 aromatic rings. The number of carbonyl (C=O) groups is 3. The van der Waals surface area contributed by atoms with E-state index in [0.29, 0.717) is 0 Å². The fourth-order valence-corrected chi connectivity index (χ4v) is 0. The summed E-state index contributed by atoms with van der Waals surface area (Å²) in [5.41, 5.74) is 1.77. The van der Waals surface area contributed by atoms with E-state index in [1.54, 1.807) is 0 Å². The van der Waals surface area contributed by atoms with Crippen molar-refractivity contribution < 1.29 is 33.9 Å². The molecule has 0 unspecified atom stereocenters. The van der Waals surface area contributed by atoms with Crippen LogP contribution in [0.2, 0.25) is 0 Å². The average Bonchev–Trinajstić information content (AvgIpc) is 2.14. The maximum atomic E-state index is 8.00. The largest absolute Gasteiger partial charge is 1.00 e. The molecule has 77 valence electrons. The van der Waals surface area contributed by atoms with E-state index in [0.717, 1.165) is 11.1 Å². The average molecular weight is 272 g/mol. The van der Waals surface area contributed by atoms with Gasteiger partial charge in [0.1, 0.15) is 20.4 Å². The van der Waals surface area contributed by atoms with Crippen LogP contribution in [0, 0.1) is 6.58 Å². The first-order valence-electron chi connectivity index (χ1n) is 2.76. The zero-order valence-electron chi connectivity index (χ0n) is 7.98. The summed E-state index contributed by atoms with van der Waals surface area (Å²) < 4.78 is 0. The molecule has 1 radical (unpaired) electrons. The SMILES string of the molecule is C=O.C=O.C=O.[CH-]=C(C)C(=C)C.[Ru+]. The van der Waals surface area contributed by atoms with Crippen molar-refractivity contribution in [1.29, 1.82) is 0 Å². The third-order valence-electron chi connectivity index (χ3n) is 0.673. The van der Waals surface area contributed by atoms with Gasteiger partial charge in [-0.25, -0.2) is 11.1 Å². The van der Waals surface area contributed by atoms with E-state index in [-0.39, 0.29) is 19.5 Å². The minimum absolute atomic E-state index is 0. The fourth-order valence-electron chi connectivity index (χ4n) is 0. The maximum absolute atomic E-state index is 8.00. The minimum atomic E-state index is 0. The van der Waals surface area contributed by atoms with Crippen LogP contribution in [0.4, 0.5) is 0 Å². The van der Waals surface area contributed by atoms with Gasteiger partial charge >= 0.3 is 19.5 Å². The van der Waals surface area contributed by atoms with Crippen molar-refractivity contribution in [3.63, 3.8) is 0 Å². The normalized spacial score (nSPS) is 4.46. The van der Waals surface area contributed by atoms with Gasteiger partial charge in [0.25, 0.3) is 0 Å². The van der Waals surface area contributed by atoms with Crippen LogP contribution in [0.15, 0.2) is 17.7 Å². The van der Waals surface area contributed by atoms with Crippen LogP contribution in [-0.4, -0.2) is 20.4 Å². The van der Waals surface area contributed by atoms with Crippen molar-refractivity contribution >= 4 is 20.4 Å². The summed E-state index contributed by atoms with van der Waals surface area (Å²) in [6.45, 7) is 18.6. The van der Waals surface area contributed by atoms with Crippen molar-refractivity contribution in [2.45, 2.75) is 13.8 Å². The molecule has 0 rings (SSSR count). The van der Waals surface area contributed by atoms with E-state index in [1.807, 2.05) is 34.2 Å². The first-order chi connectivity index (χ1) is 5.64. The molecule has 0 aliphatic carbocycles. The molecular formula is C9H15O3Ru. The molecule has 0 spiro atoms. The summed E-state index contributed by atoms with van der Waals surface area (Å²) >= 11 is 0. The Kier molecular flexibility index (Phi) is 98.9. The molecule has 13 heavy (non-hydrogen) atoms. The minimum Gasteiger partial charge on any atom is -0.307 e. The van der Waals surface area contributed by atoms with Gasteiger partial charge in [-0.3, -0.25) is 6.58 Å². The number of hydrogen-bond acceptors (Lipinski definition) is 3. The van der Waals surface area contributed by atoms with E-state index < -0.39 is 0 Å². The van der Waals surface area contributed by atoms with Gasteiger partial charge in [0.2, 0.25) is 0 Å². The van der Waals surface area contributed by atoms with Crippen LogP contribution in [0.1, 0.15) is 13.8 Å². The summed E-state index contributed by atoms with van der Waals surface area (Å²) in [7, 11) is 0. The molecule has 4 heteroatoms. The van der Waals surface area contributed by atoms with E-state index in [1.165, 1.54) is 0 Å². The van der Waals surface area contributed by atoms with Crippen LogP contribution in [0.25, 0.3) is 0 Å². The number of carbonyl (C=O) groups excluding carboxylic acids is 3. The molecule has 0 saturated carbocycles.